The van der Waals surface area contributed by atoms with Gasteiger partial charge in [-0.05, 0) is 6.92 Å². The van der Waals surface area contributed by atoms with Crippen molar-refractivity contribution in [1.29, 1.82) is 0 Å². The molecule has 0 aliphatic heterocycles. The SMILES string of the molecule is C=CCOC(C)OC(=O)O. The molecule has 4 heteroatoms. The highest BCUT2D eigenvalue weighted by Gasteiger charge is 2.04. The first kappa shape index (κ1) is 8.97. The quantitative estimate of drug-likeness (QED) is 0.368. The van der Waals surface area contributed by atoms with Gasteiger partial charge in [-0.1, -0.05) is 6.08 Å². The summed E-state index contributed by atoms with van der Waals surface area (Å²) in [5.41, 5.74) is 0. The molecule has 0 aliphatic carbocycles. The predicted molar refractivity (Wildman–Crippen MR) is 34.7 cm³/mol. The van der Waals surface area contributed by atoms with E-state index in [0.29, 0.717) is 0 Å². The smallest absolute Gasteiger partial charge is 0.450 e. The summed E-state index contributed by atoms with van der Waals surface area (Å²) in [6, 6.07) is 0. The molecule has 0 aromatic carbocycles. The van der Waals surface area contributed by atoms with Crippen LogP contribution in [0, 0.1) is 0 Å². The van der Waals surface area contributed by atoms with E-state index in [1.54, 1.807) is 0 Å². The molecule has 1 N–H and O–H groups in total. The summed E-state index contributed by atoms with van der Waals surface area (Å²) < 4.78 is 8.98. The average molecular weight is 146 g/mol. The summed E-state index contributed by atoms with van der Waals surface area (Å²) in [5.74, 6) is 0. The van der Waals surface area contributed by atoms with Crippen LogP contribution in [0.15, 0.2) is 12.7 Å². The average Bonchev–Trinajstić information content (AvgIpc) is 1.82. The molecule has 0 spiro atoms. The molecule has 0 aromatic rings. The lowest BCUT2D eigenvalue weighted by Crippen LogP contribution is -2.16. The monoisotopic (exact) mass is 146 g/mol. The number of hydrogen-bond donors (Lipinski definition) is 1. The molecule has 0 saturated carbocycles. The second-order valence-electron chi connectivity index (χ2n) is 1.57. The van der Waals surface area contributed by atoms with E-state index in [4.69, 9.17) is 9.84 Å². The molecule has 0 rings (SSSR count). The van der Waals surface area contributed by atoms with Crippen LogP contribution in [0.3, 0.4) is 0 Å². The van der Waals surface area contributed by atoms with Gasteiger partial charge < -0.3 is 14.6 Å². The normalized spacial score (nSPS) is 12.1. The van der Waals surface area contributed by atoms with E-state index in [1.807, 2.05) is 0 Å². The van der Waals surface area contributed by atoms with Crippen LogP contribution in [0.1, 0.15) is 6.92 Å². The molecule has 0 amide bonds. The van der Waals surface area contributed by atoms with Crippen LogP contribution in [-0.2, 0) is 9.47 Å². The van der Waals surface area contributed by atoms with E-state index in [1.165, 1.54) is 13.0 Å². The molecule has 1 atom stereocenters. The second kappa shape index (κ2) is 4.81. The van der Waals surface area contributed by atoms with Crippen molar-refractivity contribution in [3.05, 3.63) is 12.7 Å². The van der Waals surface area contributed by atoms with Gasteiger partial charge in [0.05, 0.1) is 6.61 Å². The third-order valence-corrected chi connectivity index (χ3v) is 0.716. The third kappa shape index (κ3) is 5.11. The van der Waals surface area contributed by atoms with Crippen molar-refractivity contribution in [2.75, 3.05) is 6.61 Å². The van der Waals surface area contributed by atoms with Crippen molar-refractivity contribution in [2.24, 2.45) is 0 Å². The van der Waals surface area contributed by atoms with Crippen LogP contribution >= 0.6 is 0 Å². The zero-order valence-corrected chi connectivity index (χ0v) is 5.74. The molecule has 0 aromatic heterocycles. The minimum absolute atomic E-state index is 0.286. The molecule has 4 nitrogen and oxygen atoms in total. The summed E-state index contributed by atoms with van der Waals surface area (Å²) in [4.78, 5) is 9.84. The highest BCUT2D eigenvalue weighted by atomic mass is 16.8. The molecule has 0 heterocycles. The van der Waals surface area contributed by atoms with E-state index in [2.05, 4.69) is 11.3 Å². The topological polar surface area (TPSA) is 55.8 Å². The third-order valence-electron chi connectivity index (χ3n) is 0.716. The highest BCUT2D eigenvalue weighted by Crippen LogP contribution is 1.92. The number of hydrogen-bond acceptors (Lipinski definition) is 3. The maximum Gasteiger partial charge on any atom is 0.508 e. The van der Waals surface area contributed by atoms with Crippen molar-refractivity contribution in [1.82, 2.24) is 0 Å². The summed E-state index contributed by atoms with van der Waals surface area (Å²) >= 11 is 0. The maximum atomic E-state index is 9.84. The Morgan fingerprint density at radius 1 is 1.90 bits per heavy atom. The fourth-order valence-electron chi connectivity index (χ4n) is 0.380. The van der Waals surface area contributed by atoms with Crippen molar-refractivity contribution >= 4 is 6.16 Å². The van der Waals surface area contributed by atoms with Gasteiger partial charge >= 0.3 is 6.16 Å². The van der Waals surface area contributed by atoms with E-state index < -0.39 is 12.4 Å². The van der Waals surface area contributed by atoms with Gasteiger partial charge in [-0.3, -0.25) is 0 Å². The first-order valence-corrected chi connectivity index (χ1v) is 2.79. The van der Waals surface area contributed by atoms with Crippen LogP contribution in [0.2, 0.25) is 0 Å². The number of carbonyl (C=O) groups is 1. The lowest BCUT2D eigenvalue weighted by Gasteiger charge is -2.08. The minimum atomic E-state index is -1.34. The Morgan fingerprint density at radius 2 is 2.50 bits per heavy atom. The first-order valence-electron chi connectivity index (χ1n) is 2.79. The lowest BCUT2D eigenvalue weighted by molar-refractivity contribution is -0.0954. The van der Waals surface area contributed by atoms with Crippen LogP contribution in [0.25, 0.3) is 0 Å². The van der Waals surface area contributed by atoms with Gasteiger partial charge in [0.25, 0.3) is 0 Å². The molecule has 58 valence electrons. The molecule has 0 saturated heterocycles. The van der Waals surface area contributed by atoms with Crippen LogP contribution < -0.4 is 0 Å². The summed E-state index contributed by atoms with van der Waals surface area (Å²) in [5, 5.41) is 8.06. The minimum Gasteiger partial charge on any atom is -0.450 e. The molecule has 0 fully saturated rings. The highest BCUT2D eigenvalue weighted by molar-refractivity contribution is 5.56. The van der Waals surface area contributed by atoms with Gasteiger partial charge in [0.1, 0.15) is 0 Å². The molecular weight excluding hydrogens is 136 g/mol. The standard InChI is InChI=1S/C6H10O4/c1-3-4-9-5(2)10-6(7)8/h3,5H,1,4H2,2H3,(H,7,8). The Bertz CT molecular complexity index is 121. The molecule has 0 radical (unpaired) electrons. The Balaban J connectivity index is 3.33. The van der Waals surface area contributed by atoms with E-state index in [-0.39, 0.29) is 6.61 Å². The maximum absolute atomic E-state index is 9.84. The zero-order chi connectivity index (χ0) is 7.98. The van der Waals surface area contributed by atoms with Gasteiger partial charge in [0.2, 0.25) is 6.29 Å². The summed E-state index contributed by atoms with van der Waals surface area (Å²) in [6.07, 6.45) is -0.547. The Labute approximate surface area is 59.1 Å². The molecule has 10 heavy (non-hydrogen) atoms. The van der Waals surface area contributed by atoms with Crippen molar-refractivity contribution in [3.63, 3.8) is 0 Å². The van der Waals surface area contributed by atoms with Gasteiger partial charge in [0.15, 0.2) is 0 Å². The number of carboxylic acid groups (broad SMARTS) is 1. The van der Waals surface area contributed by atoms with Crippen LogP contribution in [-0.4, -0.2) is 24.2 Å². The van der Waals surface area contributed by atoms with Gasteiger partial charge in [-0.25, -0.2) is 4.79 Å². The molecule has 0 bridgehead atoms. The Hall–Kier alpha value is -1.03. The van der Waals surface area contributed by atoms with E-state index >= 15 is 0 Å². The molecule has 1 unspecified atom stereocenters. The second-order valence-corrected chi connectivity index (χ2v) is 1.57. The number of rotatable bonds is 4. The van der Waals surface area contributed by atoms with Crippen molar-refractivity contribution in [2.45, 2.75) is 13.2 Å². The fraction of sp³-hybridized carbons (Fsp3) is 0.500. The first-order chi connectivity index (χ1) is 4.66. The van der Waals surface area contributed by atoms with E-state index in [9.17, 15) is 4.79 Å². The van der Waals surface area contributed by atoms with Crippen molar-refractivity contribution < 1.29 is 19.4 Å². The number of ether oxygens (including phenoxy) is 2. The lowest BCUT2D eigenvalue weighted by atomic mass is 10.7. The van der Waals surface area contributed by atoms with Crippen molar-refractivity contribution in [3.8, 4) is 0 Å². The zero-order valence-electron chi connectivity index (χ0n) is 5.74. The molecular formula is C6H10O4. The van der Waals surface area contributed by atoms with Crippen LogP contribution in [0.5, 0.6) is 0 Å². The van der Waals surface area contributed by atoms with Gasteiger partial charge in [0, 0.05) is 0 Å². The Kier molecular flexibility index (Phi) is 4.32. The largest absolute Gasteiger partial charge is 0.508 e. The van der Waals surface area contributed by atoms with Gasteiger partial charge in [-0.15, -0.1) is 6.58 Å². The van der Waals surface area contributed by atoms with Crippen LogP contribution in [0.4, 0.5) is 4.79 Å². The van der Waals surface area contributed by atoms with E-state index in [0.717, 1.165) is 0 Å². The molecule has 0 aliphatic rings. The summed E-state index contributed by atoms with van der Waals surface area (Å²) in [7, 11) is 0. The van der Waals surface area contributed by atoms with Gasteiger partial charge in [-0.2, -0.15) is 0 Å². The predicted octanol–water partition coefficient (Wildman–Crippen LogP) is 1.23. The summed E-state index contributed by atoms with van der Waals surface area (Å²) in [6.45, 7) is 5.17. The Morgan fingerprint density at radius 3 is 2.90 bits per heavy atom. The fourth-order valence-corrected chi connectivity index (χ4v) is 0.380.